The minimum absolute atomic E-state index is 0.273. The van der Waals surface area contributed by atoms with E-state index in [1.165, 1.54) is 0 Å². The summed E-state index contributed by atoms with van der Waals surface area (Å²) in [5.41, 5.74) is 0.897. The van der Waals surface area contributed by atoms with Crippen molar-refractivity contribution in [2.24, 2.45) is 5.10 Å². The first-order valence-corrected chi connectivity index (χ1v) is 8.55. The van der Waals surface area contributed by atoms with Gasteiger partial charge in [-0.1, -0.05) is 40.0 Å². The molecule has 2 heterocycles. The molecule has 1 aliphatic heterocycles. The van der Waals surface area contributed by atoms with Gasteiger partial charge in [-0.3, -0.25) is 5.01 Å². The molecular weight excluding hydrogens is 424 g/mol. The first-order valence-electron chi connectivity index (χ1n) is 6.84. The highest BCUT2D eigenvalue weighted by Gasteiger charge is 2.33. The summed E-state index contributed by atoms with van der Waals surface area (Å²) in [7, 11) is 0. The molecule has 4 nitrogen and oxygen atoms in total. The van der Waals surface area contributed by atoms with Crippen molar-refractivity contribution in [3.05, 3.63) is 70.8 Å². The number of halogens is 2. The van der Waals surface area contributed by atoms with E-state index < -0.39 is 0 Å². The molecule has 3 rings (SSSR count). The molecule has 1 atom stereocenters. The second-order valence-electron chi connectivity index (χ2n) is 4.67. The maximum Gasteiger partial charge on any atom is 0.243 e. The Bertz CT molecular complexity index is 774. The zero-order chi connectivity index (χ0) is 16.1. The summed E-state index contributed by atoms with van der Waals surface area (Å²) in [4.78, 5) is 4.46. The van der Waals surface area contributed by atoms with Crippen molar-refractivity contribution < 1.29 is 9.15 Å². The fourth-order valence-electron chi connectivity index (χ4n) is 2.26. The number of ether oxygens (including phenoxy) is 1. The third-order valence-electron chi connectivity index (χ3n) is 3.25. The minimum atomic E-state index is -0.273. The lowest BCUT2D eigenvalue weighted by molar-refractivity contribution is 0.151. The van der Waals surface area contributed by atoms with Gasteiger partial charge in [-0.25, -0.2) is 0 Å². The lowest BCUT2D eigenvalue weighted by Crippen LogP contribution is -2.33. The molecule has 0 saturated carbocycles. The van der Waals surface area contributed by atoms with Crippen LogP contribution in [0.3, 0.4) is 0 Å². The van der Waals surface area contributed by atoms with Crippen molar-refractivity contribution in [2.75, 3.05) is 6.54 Å². The Morgan fingerprint density at radius 2 is 2.04 bits per heavy atom. The Hall–Kier alpha value is -1.97. The first kappa shape index (κ1) is 15.9. The van der Waals surface area contributed by atoms with Gasteiger partial charge >= 0.3 is 0 Å². The largest absolute Gasteiger partial charge is 0.467 e. The second kappa shape index (κ2) is 7.53. The second-order valence-corrected chi connectivity index (χ2v) is 5.53. The van der Waals surface area contributed by atoms with Crippen LogP contribution in [0.2, 0.25) is 0 Å². The summed E-state index contributed by atoms with van der Waals surface area (Å²) in [6, 6.07) is 13.2. The SMILES string of the molecule is BrC#CCN1N=C(c2ccccc2)OC(=CBr)C1c1ccco1. The maximum absolute atomic E-state index is 5.97. The predicted octanol–water partition coefficient (Wildman–Crippen LogP) is 4.61. The van der Waals surface area contributed by atoms with Crippen molar-refractivity contribution in [3.8, 4) is 10.8 Å². The standard InChI is InChI=1S/C17H12Br2N2O2/c18-9-5-10-21-16(14-8-4-11-22-14)15(12-19)23-17(20-21)13-6-2-1-3-7-13/h1-4,6-8,11-12,16H,10H2. The smallest absolute Gasteiger partial charge is 0.243 e. The van der Waals surface area contributed by atoms with Crippen molar-refractivity contribution in [3.63, 3.8) is 0 Å². The molecule has 0 saturated heterocycles. The highest BCUT2D eigenvalue weighted by Crippen LogP contribution is 2.34. The predicted molar refractivity (Wildman–Crippen MR) is 95.9 cm³/mol. The maximum atomic E-state index is 5.97. The lowest BCUT2D eigenvalue weighted by atomic mass is 10.1. The van der Waals surface area contributed by atoms with E-state index in [2.05, 4.69) is 47.7 Å². The van der Waals surface area contributed by atoms with E-state index in [0.29, 0.717) is 18.2 Å². The van der Waals surface area contributed by atoms with E-state index in [9.17, 15) is 0 Å². The number of hydrogen-bond donors (Lipinski definition) is 0. The van der Waals surface area contributed by atoms with E-state index in [1.807, 2.05) is 47.5 Å². The molecule has 1 unspecified atom stereocenters. The average molecular weight is 436 g/mol. The topological polar surface area (TPSA) is 38.0 Å². The van der Waals surface area contributed by atoms with Gasteiger partial charge in [-0.15, -0.1) is 5.10 Å². The minimum Gasteiger partial charge on any atom is -0.467 e. The van der Waals surface area contributed by atoms with Crippen molar-refractivity contribution >= 4 is 37.8 Å². The highest BCUT2D eigenvalue weighted by atomic mass is 79.9. The molecule has 1 aromatic heterocycles. The number of hydrogen-bond acceptors (Lipinski definition) is 4. The average Bonchev–Trinajstić information content (AvgIpc) is 3.14. The highest BCUT2D eigenvalue weighted by molar-refractivity contribution is 9.12. The first-order chi connectivity index (χ1) is 11.3. The molecule has 0 bridgehead atoms. The van der Waals surface area contributed by atoms with E-state index in [-0.39, 0.29) is 6.04 Å². The molecule has 2 aromatic rings. The van der Waals surface area contributed by atoms with Crippen LogP contribution in [0, 0.1) is 10.8 Å². The molecule has 0 aliphatic carbocycles. The van der Waals surface area contributed by atoms with Crippen LogP contribution >= 0.6 is 31.9 Å². The molecular formula is C17H12Br2N2O2. The third-order valence-corrected chi connectivity index (χ3v) is 3.98. The van der Waals surface area contributed by atoms with Crippen molar-refractivity contribution in [2.45, 2.75) is 6.04 Å². The summed E-state index contributed by atoms with van der Waals surface area (Å²) in [6.07, 6.45) is 1.63. The number of rotatable bonds is 3. The molecule has 0 spiro atoms. The molecule has 116 valence electrons. The summed E-state index contributed by atoms with van der Waals surface area (Å²) < 4.78 is 11.5. The molecule has 1 aliphatic rings. The van der Waals surface area contributed by atoms with Gasteiger partial charge in [-0.2, -0.15) is 0 Å². The van der Waals surface area contributed by atoms with Crippen LogP contribution in [0.4, 0.5) is 0 Å². The van der Waals surface area contributed by atoms with Crippen LogP contribution in [-0.2, 0) is 4.74 Å². The van der Waals surface area contributed by atoms with E-state index in [1.54, 1.807) is 11.2 Å². The number of benzene rings is 1. The molecule has 0 radical (unpaired) electrons. The quantitative estimate of drug-likeness (QED) is 0.661. The van der Waals surface area contributed by atoms with Crippen LogP contribution in [0.15, 0.2) is 69.0 Å². The number of hydrazone groups is 1. The van der Waals surface area contributed by atoms with Crippen molar-refractivity contribution in [1.82, 2.24) is 5.01 Å². The van der Waals surface area contributed by atoms with Gasteiger partial charge in [0.25, 0.3) is 0 Å². The normalized spacial score (nSPS) is 18.9. The molecule has 0 fully saturated rings. The molecule has 0 N–H and O–H groups in total. The Morgan fingerprint density at radius 3 is 2.70 bits per heavy atom. The van der Waals surface area contributed by atoms with Crippen LogP contribution in [-0.4, -0.2) is 17.5 Å². The lowest BCUT2D eigenvalue weighted by Gasteiger charge is -2.32. The fraction of sp³-hybridized carbons (Fsp3) is 0.118. The molecule has 6 heteroatoms. The Morgan fingerprint density at radius 1 is 1.22 bits per heavy atom. The zero-order valence-corrected chi connectivity index (χ0v) is 15.1. The van der Waals surface area contributed by atoms with Crippen molar-refractivity contribution in [1.29, 1.82) is 0 Å². The molecule has 0 amide bonds. The summed E-state index contributed by atoms with van der Waals surface area (Å²) in [6.45, 7) is 0.431. The van der Waals surface area contributed by atoms with Crippen LogP contribution in [0.5, 0.6) is 0 Å². The van der Waals surface area contributed by atoms with Gasteiger partial charge in [0.05, 0.1) is 12.8 Å². The van der Waals surface area contributed by atoms with E-state index in [4.69, 9.17) is 9.15 Å². The summed E-state index contributed by atoms with van der Waals surface area (Å²) in [5, 5.41) is 6.45. The summed E-state index contributed by atoms with van der Waals surface area (Å²) in [5.74, 6) is 4.92. The molecule has 23 heavy (non-hydrogen) atoms. The Balaban J connectivity index is 2.03. The Kier molecular flexibility index (Phi) is 5.21. The van der Waals surface area contributed by atoms with Gasteiger partial charge in [0.1, 0.15) is 11.5 Å². The van der Waals surface area contributed by atoms with E-state index in [0.717, 1.165) is 11.3 Å². The third kappa shape index (κ3) is 3.52. The number of furan rings is 1. The monoisotopic (exact) mass is 434 g/mol. The van der Waals surface area contributed by atoms with Crippen LogP contribution in [0.25, 0.3) is 0 Å². The van der Waals surface area contributed by atoms with Crippen LogP contribution in [0.1, 0.15) is 17.4 Å². The van der Waals surface area contributed by atoms with E-state index >= 15 is 0 Å². The van der Waals surface area contributed by atoms with Gasteiger partial charge < -0.3 is 9.15 Å². The fourth-order valence-corrected chi connectivity index (χ4v) is 2.73. The van der Waals surface area contributed by atoms with Gasteiger partial charge in [0.2, 0.25) is 5.90 Å². The van der Waals surface area contributed by atoms with Crippen LogP contribution < -0.4 is 0 Å². The zero-order valence-electron chi connectivity index (χ0n) is 11.9. The van der Waals surface area contributed by atoms with Gasteiger partial charge in [-0.05, 0) is 29.1 Å². The Labute approximate surface area is 151 Å². The molecule has 1 aromatic carbocycles. The van der Waals surface area contributed by atoms with Gasteiger partial charge in [0.15, 0.2) is 6.04 Å². The van der Waals surface area contributed by atoms with Gasteiger partial charge in [0, 0.05) is 26.5 Å². The number of nitrogens with zero attached hydrogens (tertiary/aromatic N) is 2. The summed E-state index contributed by atoms with van der Waals surface area (Å²) >= 11 is 6.50.